The van der Waals surface area contributed by atoms with E-state index in [1.807, 2.05) is 124 Å². The molecule has 1 aliphatic heterocycles. The summed E-state index contributed by atoms with van der Waals surface area (Å²) in [6, 6.07) is 37.8. The summed E-state index contributed by atoms with van der Waals surface area (Å²) >= 11 is 0. The molecule has 3 amide bonds. The molecule has 9 rings (SSSR count). The third-order valence-electron chi connectivity index (χ3n) is 14.1. The predicted octanol–water partition coefficient (Wildman–Crippen LogP) is 6.96. The van der Waals surface area contributed by atoms with Crippen LogP contribution in [0.1, 0.15) is 85.5 Å². The Morgan fingerprint density at radius 2 is 0.831 bits per heavy atom. The molecule has 0 spiro atoms. The van der Waals surface area contributed by atoms with Crippen molar-refractivity contribution in [3.8, 4) is 0 Å². The first-order chi connectivity index (χ1) is 34.6. The van der Waals surface area contributed by atoms with Crippen LogP contribution in [0.4, 0.5) is 0 Å². The third-order valence-corrected chi connectivity index (χ3v) is 14.1. The average Bonchev–Trinajstić information content (AvgIpc) is 3.39. The lowest BCUT2D eigenvalue weighted by molar-refractivity contribution is -0.125. The van der Waals surface area contributed by atoms with Gasteiger partial charge in [0, 0.05) is 75.9 Å². The molecule has 14 heteroatoms. The van der Waals surface area contributed by atoms with Gasteiger partial charge in [0.1, 0.15) is 0 Å². The van der Waals surface area contributed by atoms with Crippen LogP contribution in [-0.2, 0) is 33.8 Å². The Labute approximate surface area is 417 Å². The van der Waals surface area contributed by atoms with Gasteiger partial charge >= 0.3 is 0 Å². The summed E-state index contributed by atoms with van der Waals surface area (Å²) in [6.45, 7) is 11.8. The minimum Gasteiger partial charge on any atom is -0.348 e. The maximum Gasteiger partial charge on any atom is 0.234 e. The molecule has 4 heterocycles. The number of amides is 3. The molecule has 0 unspecified atom stereocenters. The van der Waals surface area contributed by atoms with Crippen LogP contribution >= 0.6 is 0 Å². The normalized spacial score (nSPS) is 17.1. The van der Waals surface area contributed by atoms with Crippen molar-refractivity contribution in [3.63, 3.8) is 0 Å². The van der Waals surface area contributed by atoms with Crippen LogP contribution in [0.5, 0.6) is 0 Å². The summed E-state index contributed by atoms with van der Waals surface area (Å²) < 4.78 is 0. The van der Waals surface area contributed by atoms with Crippen LogP contribution in [0.2, 0.25) is 0 Å². The van der Waals surface area contributed by atoms with Crippen molar-refractivity contribution >= 4 is 50.6 Å². The van der Waals surface area contributed by atoms with E-state index in [0.29, 0.717) is 58.9 Å². The fourth-order valence-electron chi connectivity index (χ4n) is 10.00. The summed E-state index contributed by atoms with van der Waals surface area (Å²) in [4.78, 5) is 71.1. The fraction of sp³-hybridized carbons (Fsp3) is 0.386. The van der Waals surface area contributed by atoms with E-state index in [-0.39, 0.29) is 55.5 Å². The highest BCUT2D eigenvalue weighted by atomic mass is 16.2. The van der Waals surface area contributed by atoms with Crippen LogP contribution in [0, 0.1) is 0 Å². The van der Waals surface area contributed by atoms with E-state index in [2.05, 4.69) is 53.7 Å². The summed E-state index contributed by atoms with van der Waals surface area (Å²) in [7, 11) is 0. The average molecular weight is 954 g/mol. The van der Waals surface area contributed by atoms with Gasteiger partial charge in [0.2, 0.25) is 17.7 Å². The first-order valence-electron chi connectivity index (χ1n) is 25.4. The molecular weight excluding hydrogens is 887 g/mol. The quantitative estimate of drug-likeness (QED) is 0.0972. The van der Waals surface area contributed by atoms with Crippen molar-refractivity contribution in [1.82, 2.24) is 55.5 Å². The van der Waals surface area contributed by atoms with Crippen LogP contribution in [0.3, 0.4) is 0 Å². The number of fused-ring (bicyclic) bond motifs is 7. The Balaban J connectivity index is 0.987. The number of hydrogen-bond donors (Lipinski definition) is 3. The van der Waals surface area contributed by atoms with E-state index in [0.717, 1.165) is 92.3 Å². The van der Waals surface area contributed by atoms with Gasteiger partial charge in [-0.15, -0.1) is 0 Å². The molecule has 1 fully saturated rings. The van der Waals surface area contributed by atoms with Gasteiger partial charge in [0.05, 0.1) is 76.9 Å². The van der Waals surface area contributed by atoms with Gasteiger partial charge in [0.25, 0.3) is 0 Å². The topological polar surface area (TPSA) is 152 Å². The number of hydrogen-bond acceptors (Lipinski definition) is 11. The molecular formula is C57H67N11O3. The molecule has 3 N–H and O–H groups in total. The first kappa shape index (κ1) is 49.3. The molecule has 1 saturated heterocycles. The van der Waals surface area contributed by atoms with Crippen molar-refractivity contribution in [2.75, 3.05) is 72.0 Å². The van der Waals surface area contributed by atoms with Gasteiger partial charge in [-0.3, -0.25) is 39.0 Å². The lowest BCUT2D eigenvalue weighted by Gasteiger charge is -2.34. The van der Waals surface area contributed by atoms with Crippen molar-refractivity contribution in [1.29, 1.82) is 0 Å². The van der Waals surface area contributed by atoms with Crippen molar-refractivity contribution in [2.24, 2.45) is 0 Å². The minimum atomic E-state index is -0.161. The third kappa shape index (κ3) is 12.8. The molecule has 368 valence electrons. The van der Waals surface area contributed by atoms with Crippen molar-refractivity contribution in [2.45, 2.75) is 71.1 Å². The summed E-state index contributed by atoms with van der Waals surface area (Å²) in [5.74, 6) is -0.197. The standard InChI is InChI=1S/C57H67N11O3/c1-40(43-16-7-4-8-17-43)59-51(69)37-66-30-28-65(36-46-25-26-48-55(62-46)54-47(22-15-27-58-54)56-57(48)64-50-24-14-13-23-49(50)63-56)29-31-67(38-52(70)60-41(2)44-18-9-5-10-19-44)33-35-68(34-32-66)39-53(71)61-42(3)45-20-11-6-12-21-45/h4-12,15-22,25-27,40-42H,13-14,23-24,28-39H2,1-3H3,(H,59,69)(H,60,70)(H,61,71)/t40-,41-,42+/m0/s1. The second-order valence-corrected chi connectivity index (χ2v) is 19.3. The van der Waals surface area contributed by atoms with E-state index in [1.54, 1.807) is 0 Å². The summed E-state index contributed by atoms with van der Waals surface area (Å²) in [6.07, 6.45) is 5.94. The van der Waals surface area contributed by atoms with E-state index < -0.39 is 0 Å². The number of nitrogens with one attached hydrogen (secondary N) is 3. The second-order valence-electron chi connectivity index (χ2n) is 19.3. The SMILES string of the molecule is C[C@H](NC(=O)CN1CCN(CC(=O)N[C@H](C)c2ccccc2)CCN(CC(=O)N[C@@H](C)c2ccccc2)CCN(Cc2ccc3c(n2)c2ncccc2c2nc4c(nc32)CCCC4)CC1)c1ccccc1. The van der Waals surface area contributed by atoms with Gasteiger partial charge in [-0.1, -0.05) is 91.0 Å². The molecule has 0 bridgehead atoms. The number of carbonyl (C=O) groups is 3. The lowest BCUT2D eigenvalue weighted by Crippen LogP contribution is -2.50. The molecule has 3 atom stereocenters. The zero-order chi connectivity index (χ0) is 49.1. The summed E-state index contributed by atoms with van der Waals surface area (Å²) in [5.41, 5.74) is 9.56. The van der Waals surface area contributed by atoms with Crippen LogP contribution in [-0.4, -0.2) is 129 Å². The van der Waals surface area contributed by atoms with Gasteiger partial charge in [-0.05, 0) is 87.4 Å². The zero-order valence-electron chi connectivity index (χ0n) is 41.4. The molecule has 71 heavy (non-hydrogen) atoms. The number of carbonyl (C=O) groups excluding carboxylic acids is 3. The largest absolute Gasteiger partial charge is 0.348 e. The maximum atomic E-state index is 13.9. The zero-order valence-corrected chi connectivity index (χ0v) is 41.4. The van der Waals surface area contributed by atoms with Gasteiger partial charge in [-0.25, -0.2) is 15.0 Å². The van der Waals surface area contributed by atoms with E-state index >= 15 is 0 Å². The Morgan fingerprint density at radius 3 is 1.25 bits per heavy atom. The number of aromatic nitrogens is 4. The molecule has 14 nitrogen and oxygen atoms in total. The van der Waals surface area contributed by atoms with Gasteiger partial charge in [0.15, 0.2) is 0 Å². The number of aryl methyl sites for hydroxylation is 2. The van der Waals surface area contributed by atoms with Gasteiger partial charge < -0.3 is 16.0 Å². The molecule has 1 aliphatic carbocycles. The summed E-state index contributed by atoms with van der Waals surface area (Å²) in [5, 5.41) is 11.6. The fourth-order valence-corrected chi connectivity index (χ4v) is 10.00. The first-order valence-corrected chi connectivity index (χ1v) is 25.4. The van der Waals surface area contributed by atoms with Gasteiger partial charge in [-0.2, -0.15) is 0 Å². The van der Waals surface area contributed by atoms with Crippen molar-refractivity contribution in [3.05, 3.63) is 155 Å². The Morgan fingerprint density at radius 1 is 0.451 bits per heavy atom. The van der Waals surface area contributed by atoms with E-state index in [1.165, 1.54) is 0 Å². The second kappa shape index (κ2) is 23.5. The monoisotopic (exact) mass is 954 g/mol. The number of rotatable bonds is 14. The predicted molar refractivity (Wildman–Crippen MR) is 280 cm³/mol. The number of benzene rings is 4. The Bertz CT molecular complexity index is 2850. The molecule has 4 aromatic carbocycles. The Hall–Kier alpha value is -6.71. The maximum absolute atomic E-state index is 13.9. The van der Waals surface area contributed by atoms with Crippen LogP contribution in [0.25, 0.3) is 32.8 Å². The molecule has 0 saturated carbocycles. The molecule has 3 aromatic heterocycles. The van der Waals surface area contributed by atoms with Crippen LogP contribution in [0.15, 0.2) is 121 Å². The molecule has 2 aliphatic rings. The highest BCUT2D eigenvalue weighted by Crippen LogP contribution is 2.33. The lowest BCUT2D eigenvalue weighted by atomic mass is 9.99. The highest BCUT2D eigenvalue weighted by molar-refractivity contribution is 6.20. The minimum absolute atomic E-state index is 0.0601. The van der Waals surface area contributed by atoms with E-state index in [9.17, 15) is 14.4 Å². The van der Waals surface area contributed by atoms with Crippen LogP contribution < -0.4 is 16.0 Å². The number of pyridine rings is 2. The Kier molecular flexibility index (Phi) is 16.3. The molecule has 0 radical (unpaired) electrons. The number of nitrogens with zero attached hydrogens (tertiary/aromatic N) is 8. The molecule has 7 aromatic rings. The van der Waals surface area contributed by atoms with E-state index in [4.69, 9.17) is 19.9 Å². The smallest absolute Gasteiger partial charge is 0.234 e. The highest BCUT2D eigenvalue weighted by Gasteiger charge is 2.24. The van der Waals surface area contributed by atoms with Crippen molar-refractivity contribution < 1.29 is 14.4 Å².